The zero-order chi connectivity index (χ0) is 16.9. The normalized spacial score (nSPS) is 19.7. The predicted octanol–water partition coefficient (Wildman–Crippen LogP) is 2.43. The molecule has 0 amide bonds. The van der Waals surface area contributed by atoms with E-state index in [-0.39, 0.29) is 10.7 Å². The number of ketones is 1. The van der Waals surface area contributed by atoms with Crippen LogP contribution in [0.15, 0.2) is 29.2 Å². The second kappa shape index (κ2) is 8.04. The molecule has 0 bridgehead atoms. The fraction of sp³-hybridized carbons (Fsp3) is 0.588. The van der Waals surface area contributed by atoms with Gasteiger partial charge in [0.05, 0.1) is 4.90 Å². The molecule has 1 aliphatic rings. The SMILES string of the molecule is CC(=O)c1cccc(S(=O)(=O)NCCCN2CCCCC2C)c1. The summed E-state index contributed by atoms with van der Waals surface area (Å²) < 4.78 is 27.2. The number of piperidine rings is 1. The molecule has 0 spiro atoms. The smallest absolute Gasteiger partial charge is 0.240 e. The van der Waals surface area contributed by atoms with Crippen molar-refractivity contribution >= 4 is 15.8 Å². The van der Waals surface area contributed by atoms with Gasteiger partial charge in [0.25, 0.3) is 0 Å². The molecule has 1 unspecified atom stereocenters. The lowest BCUT2D eigenvalue weighted by atomic mass is 10.0. The monoisotopic (exact) mass is 338 g/mol. The number of carbonyl (C=O) groups is 1. The second-order valence-corrected chi connectivity index (χ2v) is 7.98. The highest BCUT2D eigenvalue weighted by molar-refractivity contribution is 7.89. The number of likely N-dealkylation sites (tertiary alicyclic amines) is 1. The molecule has 0 radical (unpaired) electrons. The summed E-state index contributed by atoms with van der Waals surface area (Å²) in [6, 6.07) is 6.76. The lowest BCUT2D eigenvalue weighted by Crippen LogP contribution is -2.39. The summed E-state index contributed by atoms with van der Waals surface area (Å²) in [6.07, 6.45) is 4.53. The first-order valence-electron chi connectivity index (χ1n) is 8.25. The highest BCUT2D eigenvalue weighted by Crippen LogP contribution is 2.16. The lowest BCUT2D eigenvalue weighted by Gasteiger charge is -2.33. The predicted molar refractivity (Wildman–Crippen MR) is 91.1 cm³/mol. The van der Waals surface area contributed by atoms with E-state index in [1.54, 1.807) is 12.1 Å². The molecule has 6 heteroatoms. The summed E-state index contributed by atoms with van der Waals surface area (Å²) in [5, 5.41) is 0. The van der Waals surface area contributed by atoms with Crippen LogP contribution in [0.2, 0.25) is 0 Å². The molecular weight excluding hydrogens is 312 g/mol. The highest BCUT2D eigenvalue weighted by Gasteiger charge is 2.18. The van der Waals surface area contributed by atoms with Gasteiger partial charge in [0.15, 0.2) is 5.78 Å². The quantitative estimate of drug-likeness (QED) is 0.612. The van der Waals surface area contributed by atoms with Gasteiger partial charge >= 0.3 is 0 Å². The maximum Gasteiger partial charge on any atom is 0.240 e. The summed E-state index contributed by atoms with van der Waals surface area (Å²) in [7, 11) is -3.55. The van der Waals surface area contributed by atoms with E-state index in [0.717, 1.165) is 19.5 Å². The van der Waals surface area contributed by atoms with Gasteiger partial charge in [-0.25, -0.2) is 13.1 Å². The first-order chi connectivity index (χ1) is 10.9. The molecule has 1 saturated heterocycles. The summed E-state index contributed by atoms with van der Waals surface area (Å²) >= 11 is 0. The Morgan fingerprint density at radius 3 is 2.83 bits per heavy atom. The molecule has 1 aliphatic heterocycles. The second-order valence-electron chi connectivity index (χ2n) is 6.22. The summed E-state index contributed by atoms with van der Waals surface area (Å²) in [5.41, 5.74) is 0.412. The molecule has 1 aromatic carbocycles. The standard InChI is InChI=1S/C17H26N2O3S/c1-14-7-3-4-11-19(14)12-6-10-18-23(21,22)17-9-5-8-16(13-17)15(2)20/h5,8-9,13-14,18H,3-4,6-7,10-12H2,1-2H3. The van der Waals surface area contributed by atoms with E-state index in [9.17, 15) is 13.2 Å². The van der Waals surface area contributed by atoms with Crippen LogP contribution in [0, 0.1) is 0 Å². The maximum absolute atomic E-state index is 12.3. The Labute approximate surface area is 139 Å². The van der Waals surface area contributed by atoms with Gasteiger partial charge in [-0.2, -0.15) is 0 Å². The Balaban J connectivity index is 1.86. The molecule has 1 atom stereocenters. The lowest BCUT2D eigenvalue weighted by molar-refractivity contribution is 0.101. The van der Waals surface area contributed by atoms with Crippen molar-refractivity contribution in [2.45, 2.75) is 50.5 Å². The van der Waals surface area contributed by atoms with Crippen molar-refractivity contribution in [1.82, 2.24) is 9.62 Å². The zero-order valence-electron chi connectivity index (χ0n) is 13.9. The number of hydrogen-bond donors (Lipinski definition) is 1. The van der Waals surface area contributed by atoms with E-state index < -0.39 is 10.0 Å². The van der Waals surface area contributed by atoms with Crippen molar-refractivity contribution in [3.05, 3.63) is 29.8 Å². The van der Waals surface area contributed by atoms with Crippen LogP contribution in [0.25, 0.3) is 0 Å². The fourth-order valence-corrected chi connectivity index (χ4v) is 4.06. The van der Waals surface area contributed by atoms with Crippen LogP contribution in [-0.4, -0.2) is 44.8 Å². The van der Waals surface area contributed by atoms with E-state index in [4.69, 9.17) is 0 Å². The average Bonchev–Trinajstić information content (AvgIpc) is 2.53. The Bertz CT molecular complexity index is 643. The van der Waals surface area contributed by atoms with Crippen molar-refractivity contribution in [3.8, 4) is 0 Å². The third kappa shape index (κ3) is 5.12. The largest absolute Gasteiger partial charge is 0.301 e. The van der Waals surface area contributed by atoms with E-state index in [1.807, 2.05) is 0 Å². The number of rotatable bonds is 7. The van der Waals surface area contributed by atoms with Crippen LogP contribution in [0.1, 0.15) is 49.9 Å². The van der Waals surface area contributed by atoms with E-state index in [1.165, 1.54) is 38.3 Å². The van der Waals surface area contributed by atoms with Gasteiger partial charge in [0, 0.05) is 18.2 Å². The third-order valence-corrected chi connectivity index (χ3v) is 5.86. The van der Waals surface area contributed by atoms with Crippen LogP contribution in [-0.2, 0) is 10.0 Å². The van der Waals surface area contributed by atoms with Crippen molar-refractivity contribution in [2.75, 3.05) is 19.6 Å². The van der Waals surface area contributed by atoms with E-state index >= 15 is 0 Å². The van der Waals surface area contributed by atoms with Crippen LogP contribution in [0.5, 0.6) is 0 Å². The molecule has 128 valence electrons. The van der Waals surface area contributed by atoms with Crippen LogP contribution < -0.4 is 4.72 Å². The van der Waals surface area contributed by atoms with Crippen LogP contribution in [0.3, 0.4) is 0 Å². The first kappa shape index (κ1) is 18.1. The van der Waals surface area contributed by atoms with Crippen molar-refractivity contribution in [2.24, 2.45) is 0 Å². The average molecular weight is 338 g/mol. The molecule has 5 nitrogen and oxygen atoms in total. The Kier molecular flexibility index (Phi) is 6.33. The third-order valence-electron chi connectivity index (χ3n) is 4.41. The minimum Gasteiger partial charge on any atom is -0.301 e. The summed E-state index contributed by atoms with van der Waals surface area (Å²) in [4.78, 5) is 13.9. The van der Waals surface area contributed by atoms with Crippen LogP contribution >= 0.6 is 0 Å². The molecule has 0 aliphatic carbocycles. The fourth-order valence-electron chi connectivity index (χ4n) is 2.94. The van der Waals surface area contributed by atoms with Gasteiger partial charge in [0.1, 0.15) is 0 Å². The van der Waals surface area contributed by atoms with Crippen molar-refractivity contribution in [1.29, 1.82) is 0 Å². The molecular formula is C17H26N2O3S. The molecule has 0 saturated carbocycles. The maximum atomic E-state index is 12.3. The number of nitrogens with zero attached hydrogens (tertiary/aromatic N) is 1. The zero-order valence-corrected chi connectivity index (χ0v) is 14.7. The molecule has 1 aromatic rings. The van der Waals surface area contributed by atoms with Crippen molar-refractivity contribution < 1.29 is 13.2 Å². The van der Waals surface area contributed by atoms with Crippen LogP contribution in [0.4, 0.5) is 0 Å². The van der Waals surface area contributed by atoms with Gasteiger partial charge in [-0.3, -0.25) is 4.79 Å². The number of sulfonamides is 1. The molecule has 1 N–H and O–H groups in total. The van der Waals surface area contributed by atoms with Gasteiger partial charge in [-0.05, 0) is 58.3 Å². The molecule has 1 heterocycles. The molecule has 23 heavy (non-hydrogen) atoms. The highest BCUT2D eigenvalue weighted by atomic mass is 32.2. The Morgan fingerprint density at radius 2 is 2.13 bits per heavy atom. The van der Waals surface area contributed by atoms with Crippen molar-refractivity contribution in [3.63, 3.8) is 0 Å². The van der Waals surface area contributed by atoms with E-state index in [0.29, 0.717) is 18.2 Å². The topological polar surface area (TPSA) is 66.5 Å². The van der Waals surface area contributed by atoms with Gasteiger partial charge < -0.3 is 4.90 Å². The Morgan fingerprint density at radius 1 is 1.35 bits per heavy atom. The first-order valence-corrected chi connectivity index (χ1v) is 9.73. The minimum absolute atomic E-state index is 0.138. The minimum atomic E-state index is -3.55. The number of nitrogens with one attached hydrogen (secondary N) is 1. The summed E-state index contributed by atoms with van der Waals surface area (Å²) in [6.45, 7) is 6.09. The van der Waals surface area contributed by atoms with Gasteiger partial charge in [-0.15, -0.1) is 0 Å². The molecule has 1 fully saturated rings. The Hall–Kier alpha value is -1.24. The van der Waals surface area contributed by atoms with Gasteiger partial charge in [-0.1, -0.05) is 18.6 Å². The number of carbonyl (C=O) groups excluding carboxylic acids is 1. The number of Topliss-reactive ketones (excluding diaryl/α,β-unsaturated/α-hetero) is 1. The summed E-state index contributed by atoms with van der Waals surface area (Å²) in [5.74, 6) is -0.138. The van der Waals surface area contributed by atoms with Gasteiger partial charge in [0.2, 0.25) is 10.0 Å². The number of hydrogen-bond acceptors (Lipinski definition) is 4. The van der Waals surface area contributed by atoms with E-state index in [2.05, 4.69) is 16.5 Å². The number of benzene rings is 1. The molecule has 2 rings (SSSR count). The molecule has 0 aromatic heterocycles.